The van der Waals surface area contributed by atoms with Crippen LogP contribution in [0.5, 0.6) is 0 Å². The Morgan fingerprint density at radius 3 is 1.71 bits per heavy atom. The van der Waals surface area contributed by atoms with E-state index in [-0.39, 0.29) is 5.41 Å². The van der Waals surface area contributed by atoms with E-state index in [1.165, 1.54) is 88.0 Å². The summed E-state index contributed by atoms with van der Waals surface area (Å²) in [5.74, 6) is 0. The van der Waals surface area contributed by atoms with E-state index in [1.807, 2.05) is 0 Å². The summed E-state index contributed by atoms with van der Waals surface area (Å²) in [6.07, 6.45) is 0. The summed E-state index contributed by atoms with van der Waals surface area (Å²) in [5.41, 5.74) is 15.9. The van der Waals surface area contributed by atoms with E-state index >= 15 is 0 Å². The minimum Gasteiger partial charge on any atom is -0.310 e. The van der Waals surface area contributed by atoms with Gasteiger partial charge in [-0.2, -0.15) is 0 Å². The molecule has 10 aromatic carbocycles. The second-order valence-electron chi connectivity index (χ2n) is 16.1. The molecule has 0 aliphatic heterocycles. The van der Waals surface area contributed by atoms with E-state index in [2.05, 4.69) is 231 Å². The minimum atomic E-state index is -0.214. The number of benzene rings is 10. The molecular weight excluding hydrogens is 699 g/mol. The van der Waals surface area contributed by atoms with Crippen LogP contribution in [-0.4, -0.2) is 0 Å². The van der Waals surface area contributed by atoms with Gasteiger partial charge < -0.3 is 4.90 Å². The van der Waals surface area contributed by atoms with Crippen molar-refractivity contribution in [2.45, 2.75) is 19.3 Å². The average molecular weight is 740 g/mol. The lowest BCUT2D eigenvalue weighted by Gasteiger charge is -2.30. The van der Waals surface area contributed by atoms with Crippen LogP contribution in [0.3, 0.4) is 0 Å². The Bertz CT molecular complexity index is 3190. The minimum absolute atomic E-state index is 0.214. The molecular formula is C57H41N. The van der Waals surface area contributed by atoms with Crippen LogP contribution < -0.4 is 4.90 Å². The smallest absolute Gasteiger partial charge is 0.0540 e. The zero-order valence-electron chi connectivity index (χ0n) is 32.7. The van der Waals surface area contributed by atoms with Crippen molar-refractivity contribution in [1.82, 2.24) is 0 Å². The van der Waals surface area contributed by atoms with Crippen LogP contribution in [0.25, 0.3) is 76.8 Å². The molecule has 0 fully saturated rings. The van der Waals surface area contributed by atoms with Crippen molar-refractivity contribution >= 4 is 49.4 Å². The molecule has 10 aromatic rings. The molecule has 0 atom stereocenters. The van der Waals surface area contributed by atoms with Gasteiger partial charge in [0.2, 0.25) is 0 Å². The Hall–Kier alpha value is -7.22. The topological polar surface area (TPSA) is 3.24 Å². The summed E-state index contributed by atoms with van der Waals surface area (Å²) >= 11 is 0. The summed E-state index contributed by atoms with van der Waals surface area (Å²) in [4.78, 5) is 2.44. The first-order valence-corrected chi connectivity index (χ1v) is 20.3. The zero-order valence-corrected chi connectivity index (χ0v) is 32.7. The molecule has 58 heavy (non-hydrogen) atoms. The maximum Gasteiger partial charge on any atom is 0.0540 e. The van der Waals surface area contributed by atoms with Gasteiger partial charge >= 0.3 is 0 Å². The van der Waals surface area contributed by atoms with Crippen molar-refractivity contribution in [1.29, 1.82) is 0 Å². The average Bonchev–Trinajstić information content (AvgIpc) is 3.51. The van der Waals surface area contributed by atoms with E-state index in [9.17, 15) is 0 Å². The molecule has 274 valence electrons. The lowest BCUT2D eigenvalue weighted by Crippen LogP contribution is -2.17. The standard InChI is InChI=1S/C57H41N/c1-57(2)54-36-44(53-35-43-18-8-9-19-47(43)49-21-10-11-22-50(49)53)28-32-51(54)52-33-31-46(37-55(52)57)58(56-23-13-12-20-48(56)40-15-4-3-5-16-40)45-29-26-39(27-30-45)42-25-24-38-14-6-7-17-41(38)34-42/h3-37H,1-2H3. The van der Waals surface area contributed by atoms with E-state index in [1.54, 1.807) is 0 Å². The number of rotatable bonds is 6. The van der Waals surface area contributed by atoms with Crippen molar-refractivity contribution in [3.63, 3.8) is 0 Å². The van der Waals surface area contributed by atoms with Gasteiger partial charge in [-0.25, -0.2) is 0 Å². The monoisotopic (exact) mass is 739 g/mol. The first-order chi connectivity index (χ1) is 28.5. The fraction of sp³-hybridized carbons (Fsp3) is 0.0526. The molecule has 0 N–H and O–H groups in total. The van der Waals surface area contributed by atoms with Crippen LogP contribution in [0.1, 0.15) is 25.0 Å². The summed E-state index contributed by atoms with van der Waals surface area (Å²) in [6.45, 7) is 4.79. The van der Waals surface area contributed by atoms with Crippen molar-refractivity contribution in [2.75, 3.05) is 4.90 Å². The predicted molar refractivity (Wildman–Crippen MR) is 248 cm³/mol. The molecule has 0 saturated carbocycles. The Balaban J connectivity index is 1.03. The van der Waals surface area contributed by atoms with Gasteiger partial charge in [-0.1, -0.05) is 178 Å². The maximum atomic E-state index is 2.46. The SMILES string of the molecule is CC1(C)c2cc(-c3cc4ccccc4c4ccccc34)ccc2-c2ccc(N(c3ccc(-c4ccc5ccccc5c4)cc3)c3ccccc3-c3ccccc3)cc21. The third kappa shape index (κ3) is 5.54. The van der Waals surface area contributed by atoms with Gasteiger partial charge in [0.25, 0.3) is 0 Å². The number of anilines is 3. The lowest BCUT2D eigenvalue weighted by molar-refractivity contribution is 0.660. The van der Waals surface area contributed by atoms with Gasteiger partial charge in [0.15, 0.2) is 0 Å². The summed E-state index contributed by atoms with van der Waals surface area (Å²) in [7, 11) is 0. The van der Waals surface area contributed by atoms with Gasteiger partial charge in [-0.15, -0.1) is 0 Å². The molecule has 0 bridgehead atoms. The summed E-state index contributed by atoms with van der Waals surface area (Å²) in [6, 6.07) is 78.2. The van der Waals surface area contributed by atoms with Crippen molar-refractivity contribution < 1.29 is 0 Å². The Labute approximate surface area is 340 Å². The molecule has 0 spiro atoms. The van der Waals surface area contributed by atoms with Gasteiger partial charge in [0, 0.05) is 22.4 Å². The Morgan fingerprint density at radius 1 is 0.310 bits per heavy atom. The van der Waals surface area contributed by atoms with Crippen LogP contribution >= 0.6 is 0 Å². The van der Waals surface area contributed by atoms with E-state index in [4.69, 9.17) is 0 Å². The second kappa shape index (κ2) is 13.5. The van der Waals surface area contributed by atoms with Crippen LogP contribution in [0.15, 0.2) is 212 Å². The quantitative estimate of drug-likeness (QED) is 0.154. The second-order valence-corrected chi connectivity index (χ2v) is 16.1. The van der Waals surface area contributed by atoms with E-state index in [0.717, 1.165) is 17.1 Å². The predicted octanol–water partition coefficient (Wildman–Crippen LogP) is 15.9. The van der Waals surface area contributed by atoms with Gasteiger partial charge in [-0.05, 0) is 131 Å². The highest BCUT2D eigenvalue weighted by Crippen LogP contribution is 2.52. The van der Waals surface area contributed by atoms with Crippen molar-refractivity contribution in [3.8, 4) is 44.5 Å². The Kier molecular flexibility index (Phi) is 7.91. The number of nitrogens with zero attached hydrogens (tertiary/aromatic N) is 1. The van der Waals surface area contributed by atoms with Gasteiger partial charge in [-0.3, -0.25) is 0 Å². The van der Waals surface area contributed by atoms with Crippen LogP contribution in [0, 0.1) is 0 Å². The number of para-hydroxylation sites is 1. The largest absolute Gasteiger partial charge is 0.310 e. The fourth-order valence-electron chi connectivity index (χ4n) is 9.45. The highest BCUT2D eigenvalue weighted by molar-refractivity contribution is 6.14. The third-order valence-corrected chi connectivity index (χ3v) is 12.4. The molecule has 11 rings (SSSR count). The van der Waals surface area contributed by atoms with Gasteiger partial charge in [0.05, 0.1) is 5.69 Å². The molecule has 1 heteroatoms. The maximum absolute atomic E-state index is 2.46. The fourth-order valence-corrected chi connectivity index (χ4v) is 9.45. The highest BCUT2D eigenvalue weighted by atomic mass is 15.1. The number of fused-ring (bicyclic) bond motifs is 7. The van der Waals surface area contributed by atoms with Gasteiger partial charge in [0.1, 0.15) is 0 Å². The Morgan fingerprint density at radius 2 is 0.897 bits per heavy atom. The molecule has 1 nitrogen and oxygen atoms in total. The number of hydrogen-bond acceptors (Lipinski definition) is 1. The lowest BCUT2D eigenvalue weighted by atomic mass is 9.81. The first kappa shape index (κ1) is 34.1. The molecule has 1 aliphatic carbocycles. The van der Waals surface area contributed by atoms with Crippen LogP contribution in [0.4, 0.5) is 17.1 Å². The molecule has 0 heterocycles. The van der Waals surface area contributed by atoms with Crippen molar-refractivity contribution in [3.05, 3.63) is 223 Å². The zero-order chi connectivity index (χ0) is 38.8. The van der Waals surface area contributed by atoms with Crippen LogP contribution in [-0.2, 0) is 5.41 Å². The molecule has 0 amide bonds. The van der Waals surface area contributed by atoms with Crippen molar-refractivity contribution in [2.24, 2.45) is 0 Å². The van der Waals surface area contributed by atoms with E-state index < -0.39 is 0 Å². The molecule has 0 aromatic heterocycles. The summed E-state index contributed by atoms with van der Waals surface area (Å²) < 4.78 is 0. The van der Waals surface area contributed by atoms with Crippen LogP contribution in [0.2, 0.25) is 0 Å². The first-order valence-electron chi connectivity index (χ1n) is 20.3. The van der Waals surface area contributed by atoms with E-state index in [0.29, 0.717) is 0 Å². The molecule has 1 aliphatic rings. The number of hydrogen-bond donors (Lipinski definition) is 0. The third-order valence-electron chi connectivity index (χ3n) is 12.4. The summed E-state index contributed by atoms with van der Waals surface area (Å²) in [5, 5.41) is 7.66. The molecule has 0 unspecified atom stereocenters. The molecule has 0 saturated heterocycles. The normalized spacial score (nSPS) is 12.8. The molecule has 0 radical (unpaired) electrons. The highest BCUT2D eigenvalue weighted by Gasteiger charge is 2.36.